The van der Waals surface area contributed by atoms with Crippen LogP contribution in [-0.2, 0) is 28.5 Å². The third-order valence-electron chi connectivity index (χ3n) is 5.24. The molecule has 0 aromatic heterocycles. The van der Waals surface area contributed by atoms with E-state index in [0.717, 1.165) is 37.7 Å². The predicted molar refractivity (Wildman–Crippen MR) is 129 cm³/mol. The number of ether oxygens (including phenoxy) is 1. The standard InChI is InChI=1S/C27H37F6NO2/c1-20(15-24(35)34-13-12-25(2,3)4)11-9-7-5-6-8-10-14-36-19-21-16-22(26(28,29)30)18-23(17-21)27(31,32)33/h9,11,15-18H,5-8,10,12-14,19H2,1-4H3,(H,34,35). The summed E-state index contributed by atoms with van der Waals surface area (Å²) >= 11 is 0. The number of hydrogen-bond donors (Lipinski definition) is 1. The summed E-state index contributed by atoms with van der Waals surface area (Å²) in [5, 5.41) is 2.87. The smallest absolute Gasteiger partial charge is 0.377 e. The first kappa shape index (κ1) is 31.7. The van der Waals surface area contributed by atoms with Gasteiger partial charge in [-0.2, -0.15) is 26.3 Å². The minimum Gasteiger partial charge on any atom is -0.377 e. The van der Waals surface area contributed by atoms with Gasteiger partial charge in [-0.25, -0.2) is 0 Å². The van der Waals surface area contributed by atoms with E-state index in [2.05, 4.69) is 26.1 Å². The number of nitrogens with one attached hydrogen (secondary N) is 1. The van der Waals surface area contributed by atoms with Crippen molar-refractivity contribution < 1.29 is 35.9 Å². The molecule has 1 rings (SSSR count). The number of carbonyl (C=O) groups excluding carboxylic acids is 1. The third kappa shape index (κ3) is 14.3. The zero-order valence-corrected chi connectivity index (χ0v) is 21.4. The Morgan fingerprint density at radius 3 is 2.06 bits per heavy atom. The zero-order chi connectivity index (χ0) is 27.4. The maximum Gasteiger partial charge on any atom is 0.416 e. The number of amides is 1. The molecule has 1 aromatic carbocycles. The molecule has 0 heterocycles. The van der Waals surface area contributed by atoms with E-state index in [1.165, 1.54) is 0 Å². The minimum absolute atomic E-state index is 0.109. The van der Waals surface area contributed by atoms with E-state index in [9.17, 15) is 31.1 Å². The molecule has 0 fully saturated rings. The summed E-state index contributed by atoms with van der Waals surface area (Å²) in [5.41, 5.74) is -1.81. The molecule has 0 saturated heterocycles. The Morgan fingerprint density at radius 1 is 0.917 bits per heavy atom. The van der Waals surface area contributed by atoms with Gasteiger partial charge in [0.1, 0.15) is 0 Å². The molecule has 0 atom stereocenters. The molecule has 0 spiro atoms. The van der Waals surface area contributed by atoms with E-state index in [1.807, 2.05) is 19.1 Å². The number of unbranched alkanes of at least 4 members (excludes halogenated alkanes) is 4. The van der Waals surface area contributed by atoms with Crippen molar-refractivity contribution in [3.8, 4) is 0 Å². The van der Waals surface area contributed by atoms with Crippen LogP contribution in [0, 0.1) is 5.41 Å². The van der Waals surface area contributed by atoms with Crippen LogP contribution in [0.5, 0.6) is 0 Å². The van der Waals surface area contributed by atoms with Gasteiger partial charge >= 0.3 is 12.4 Å². The maximum absolute atomic E-state index is 12.9. The summed E-state index contributed by atoms with van der Waals surface area (Å²) in [7, 11) is 0. The second-order valence-corrected chi connectivity index (χ2v) is 10.1. The number of halogens is 6. The number of carbonyl (C=O) groups is 1. The lowest BCUT2D eigenvalue weighted by Gasteiger charge is -2.17. The van der Waals surface area contributed by atoms with Crippen LogP contribution >= 0.6 is 0 Å². The second-order valence-electron chi connectivity index (χ2n) is 10.1. The molecule has 1 amide bonds. The largest absolute Gasteiger partial charge is 0.416 e. The molecular formula is C27H37F6NO2. The second kappa shape index (κ2) is 14.4. The van der Waals surface area contributed by atoms with Gasteiger partial charge in [-0.3, -0.25) is 4.79 Å². The van der Waals surface area contributed by atoms with E-state index in [4.69, 9.17) is 4.74 Å². The van der Waals surface area contributed by atoms with Gasteiger partial charge in [0.05, 0.1) is 17.7 Å². The molecule has 0 aliphatic heterocycles. The third-order valence-corrected chi connectivity index (χ3v) is 5.24. The maximum atomic E-state index is 12.9. The summed E-state index contributed by atoms with van der Waals surface area (Å²) < 4.78 is 82.7. The highest BCUT2D eigenvalue weighted by Crippen LogP contribution is 2.36. The van der Waals surface area contributed by atoms with Crippen molar-refractivity contribution >= 4 is 5.91 Å². The van der Waals surface area contributed by atoms with Crippen LogP contribution in [0.1, 0.15) is 82.9 Å². The molecule has 0 aliphatic rings. The van der Waals surface area contributed by atoms with E-state index >= 15 is 0 Å². The molecule has 0 radical (unpaired) electrons. The summed E-state index contributed by atoms with van der Waals surface area (Å²) in [6, 6.07) is 1.49. The number of alkyl halides is 6. The van der Waals surface area contributed by atoms with Gasteiger partial charge in [-0.1, -0.05) is 45.8 Å². The van der Waals surface area contributed by atoms with Crippen molar-refractivity contribution in [1.82, 2.24) is 5.32 Å². The van der Waals surface area contributed by atoms with Crippen molar-refractivity contribution in [2.45, 2.75) is 85.2 Å². The molecule has 204 valence electrons. The molecule has 1 N–H and O–H groups in total. The van der Waals surface area contributed by atoms with Gasteiger partial charge in [0.2, 0.25) is 5.91 Å². The van der Waals surface area contributed by atoms with Crippen LogP contribution in [0.2, 0.25) is 0 Å². The summed E-state index contributed by atoms with van der Waals surface area (Å²) in [6.07, 6.45) is 0.784. The monoisotopic (exact) mass is 521 g/mol. The minimum atomic E-state index is -4.86. The Labute approximate surface area is 210 Å². The lowest BCUT2D eigenvalue weighted by atomic mass is 9.92. The molecule has 3 nitrogen and oxygen atoms in total. The summed E-state index contributed by atoms with van der Waals surface area (Å²) in [5.74, 6) is -0.110. The highest BCUT2D eigenvalue weighted by molar-refractivity contribution is 5.88. The fraction of sp³-hybridized carbons (Fsp3) is 0.593. The quantitative estimate of drug-likeness (QED) is 0.123. The lowest BCUT2D eigenvalue weighted by Crippen LogP contribution is -2.25. The SMILES string of the molecule is CC(C=CCCCCCCOCc1cc(C(F)(F)F)cc(C(F)(F)F)c1)=CC(=O)NCCC(C)(C)C. The van der Waals surface area contributed by atoms with Crippen molar-refractivity contribution in [3.63, 3.8) is 0 Å². The highest BCUT2D eigenvalue weighted by atomic mass is 19.4. The Kier molecular flexibility index (Phi) is 12.7. The van der Waals surface area contributed by atoms with Gasteiger partial charge in [0.15, 0.2) is 0 Å². The van der Waals surface area contributed by atoms with Gasteiger partial charge in [0.25, 0.3) is 0 Å². The fourth-order valence-electron chi connectivity index (χ4n) is 3.25. The first-order valence-corrected chi connectivity index (χ1v) is 12.1. The molecule has 9 heteroatoms. The first-order chi connectivity index (χ1) is 16.6. The van der Waals surface area contributed by atoms with Gasteiger partial charge in [-0.15, -0.1) is 0 Å². The first-order valence-electron chi connectivity index (χ1n) is 12.1. The van der Waals surface area contributed by atoms with Crippen LogP contribution in [-0.4, -0.2) is 19.1 Å². The Hall–Kier alpha value is -2.29. The van der Waals surface area contributed by atoms with E-state index in [-0.39, 0.29) is 36.2 Å². The molecule has 0 unspecified atom stereocenters. The van der Waals surface area contributed by atoms with Gasteiger partial charge < -0.3 is 10.1 Å². The zero-order valence-electron chi connectivity index (χ0n) is 21.4. The van der Waals surface area contributed by atoms with E-state index in [0.29, 0.717) is 25.1 Å². The summed E-state index contributed by atoms with van der Waals surface area (Å²) in [6.45, 7) is 8.78. The van der Waals surface area contributed by atoms with Crippen molar-refractivity contribution in [1.29, 1.82) is 0 Å². The summed E-state index contributed by atoms with van der Waals surface area (Å²) in [4.78, 5) is 11.9. The van der Waals surface area contributed by atoms with Crippen molar-refractivity contribution in [2.24, 2.45) is 5.41 Å². The number of hydrogen-bond acceptors (Lipinski definition) is 2. The van der Waals surface area contributed by atoms with Crippen LogP contribution in [0.15, 0.2) is 42.0 Å². The van der Waals surface area contributed by atoms with Crippen LogP contribution in [0.25, 0.3) is 0 Å². The van der Waals surface area contributed by atoms with E-state index < -0.39 is 23.5 Å². The van der Waals surface area contributed by atoms with Crippen LogP contribution in [0.3, 0.4) is 0 Å². The molecule has 1 aromatic rings. The van der Waals surface area contributed by atoms with Gasteiger partial charge in [-0.05, 0) is 67.4 Å². The average molecular weight is 522 g/mol. The predicted octanol–water partition coefficient (Wildman–Crippen LogP) is 8.25. The molecule has 0 saturated carbocycles. The Bertz CT molecular complexity index is 847. The molecule has 36 heavy (non-hydrogen) atoms. The lowest BCUT2D eigenvalue weighted by molar-refractivity contribution is -0.143. The number of allylic oxidation sites excluding steroid dienone is 3. The van der Waals surface area contributed by atoms with E-state index in [1.54, 1.807) is 6.08 Å². The molecule has 0 bridgehead atoms. The van der Waals surface area contributed by atoms with Gasteiger partial charge in [0, 0.05) is 19.2 Å². The number of benzene rings is 1. The normalized spacial score (nSPS) is 13.4. The Morgan fingerprint density at radius 2 is 1.50 bits per heavy atom. The van der Waals surface area contributed by atoms with Crippen molar-refractivity contribution in [2.75, 3.05) is 13.2 Å². The van der Waals surface area contributed by atoms with Crippen LogP contribution in [0.4, 0.5) is 26.3 Å². The van der Waals surface area contributed by atoms with Crippen molar-refractivity contribution in [3.05, 3.63) is 58.7 Å². The molecular weight excluding hydrogens is 484 g/mol. The highest BCUT2D eigenvalue weighted by Gasteiger charge is 2.36. The van der Waals surface area contributed by atoms with Crippen LogP contribution < -0.4 is 5.32 Å². The number of rotatable bonds is 13. The molecule has 0 aliphatic carbocycles. The topological polar surface area (TPSA) is 38.3 Å². The average Bonchev–Trinajstić information content (AvgIpc) is 2.72. The fourth-order valence-corrected chi connectivity index (χ4v) is 3.25. The Balaban J connectivity index is 2.28.